The van der Waals surface area contributed by atoms with E-state index in [-0.39, 0.29) is 6.10 Å². The minimum atomic E-state index is -0.0540. The average Bonchev–Trinajstić information content (AvgIpc) is 3.38. The third-order valence-corrected chi connectivity index (χ3v) is 5.63. The van der Waals surface area contributed by atoms with Crippen LogP contribution in [0.1, 0.15) is 17.4 Å². The molecule has 1 aliphatic rings. The Kier molecular flexibility index (Phi) is 4.41. The summed E-state index contributed by atoms with van der Waals surface area (Å²) in [5.41, 5.74) is 5.46. The number of ether oxygens (including phenoxy) is 1. The third-order valence-electron chi connectivity index (χ3n) is 4.90. The molecule has 0 amide bonds. The van der Waals surface area contributed by atoms with Gasteiger partial charge in [0, 0.05) is 43.8 Å². The second-order valence-corrected chi connectivity index (χ2v) is 7.46. The number of fused-ring (bicyclic) bond motifs is 1. The minimum absolute atomic E-state index is 0.0540. The Hall–Kier alpha value is -2.61. The Morgan fingerprint density at radius 1 is 1.11 bits per heavy atom. The molecule has 1 aliphatic heterocycles. The number of aromatic nitrogens is 4. The number of nitrogens with zero attached hydrogens (tertiary/aromatic N) is 5. The van der Waals surface area contributed by atoms with Crippen LogP contribution in [0.25, 0.3) is 16.6 Å². The van der Waals surface area contributed by atoms with E-state index in [1.165, 1.54) is 5.56 Å². The number of rotatable bonds is 4. The van der Waals surface area contributed by atoms with E-state index >= 15 is 0 Å². The molecule has 0 spiro atoms. The van der Waals surface area contributed by atoms with Gasteiger partial charge in [0.05, 0.1) is 12.1 Å². The Balaban J connectivity index is 1.39. The van der Waals surface area contributed by atoms with Crippen LogP contribution in [0.5, 0.6) is 0 Å². The molecule has 5 heterocycles. The lowest BCUT2D eigenvalue weighted by molar-refractivity contribution is -0.0342. The lowest BCUT2D eigenvalue weighted by atomic mass is 10.1. The highest BCUT2D eigenvalue weighted by molar-refractivity contribution is 7.07. The summed E-state index contributed by atoms with van der Waals surface area (Å²) in [7, 11) is 0. The Morgan fingerprint density at radius 2 is 2.04 bits per heavy atom. The summed E-state index contributed by atoms with van der Waals surface area (Å²) in [6.45, 7) is 3.44. The average molecular weight is 377 g/mol. The highest BCUT2D eigenvalue weighted by Gasteiger charge is 2.26. The van der Waals surface area contributed by atoms with E-state index < -0.39 is 0 Å². The zero-order valence-corrected chi connectivity index (χ0v) is 15.5. The maximum atomic E-state index is 6.03. The van der Waals surface area contributed by atoms with Crippen molar-refractivity contribution < 1.29 is 4.74 Å². The van der Waals surface area contributed by atoms with Gasteiger partial charge in [0.2, 0.25) is 0 Å². The van der Waals surface area contributed by atoms with Crippen molar-refractivity contribution >= 4 is 16.9 Å². The summed E-state index contributed by atoms with van der Waals surface area (Å²) < 4.78 is 7.87. The number of thiophene rings is 1. The van der Waals surface area contributed by atoms with Gasteiger partial charge < -0.3 is 4.74 Å². The van der Waals surface area contributed by atoms with E-state index in [4.69, 9.17) is 4.74 Å². The summed E-state index contributed by atoms with van der Waals surface area (Å²) in [5, 5.41) is 13.1. The fraction of sp³-hybridized carbons (Fsp3) is 0.250. The van der Waals surface area contributed by atoms with Crippen LogP contribution < -0.4 is 0 Å². The molecule has 5 rings (SSSR count). The topological polar surface area (TPSA) is 55.5 Å². The summed E-state index contributed by atoms with van der Waals surface area (Å²) in [5.74, 6) is 0. The summed E-state index contributed by atoms with van der Waals surface area (Å²) >= 11 is 1.74. The monoisotopic (exact) mass is 377 g/mol. The normalized spacial score (nSPS) is 18.1. The van der Waals surface area contributed by atoms with Crippen LogP contribution in [0.15, 0.2) is 59.7 Å². The van der Waals surface area contributed by atoms with Gasteiger partial charge in [-0.3, -0.25) is 9.88 Å². The van der Waals surface area contributed by atoms with Gasteiger partial charge in [-0.15, -0.1) is 5.10 Å². The molecule has 4 aromatic rings. The SMILES string of the molecule is c1cc(-c2ccc3c([C@@H]4CN(Cc5ccsc5)CCO4)nnn3c2)ccn1. The molecule has 6 nitrogen and oxygen atoms in total. The highest BCUT2D eigenvalue weighted by Crippen LogP contribution is 2.27. The van der Waals surface area contributed by atoms with Crippen LogP contribution >= 0.6 is 11.3 Å². The molecule has 0 N–H and O–H groups in total. The number of pyridine rings is 2. The van der Waals surface area contributed by atoms with E-state index in [1.54, 1.807) is 23.7 Å². The van der Waals surface area contributed by atoms with Crippen LogP contribution in [0, 0.1) is 0 Å². The molecule has 27 heavy (non-hydrogen) atoms. The van der Waals surface area contributed by atoms with Crippen LogP contribution in [-0.2, 0) is 11.3 Å². The quantitative estimate of drug-likeness (QED) is 0.545. The summed E-state index contributed by atoms with van der Waals surface area (Å²) in [4.78, 5) is 6.50. The first kappa shape index (κ1) is 16.6. The highest BCUT2D eigenvalue weighted by atomic mass is 32.1. The van der Waals surface area contributed by atoms with Crippen LogP contribution in [-0.4, -0.2) is 44.4 Å². The molecule has 0 aromatic carbocycles. The molecule has 1 saturated heterocycles. The first-order valence-electron chi connectivity index (χ1n) is 8.97. The number of hydrogen-bond donors (Lipinski definition) is 0. The third kappa shape index (κ3) is 3.37. The summed E-state index contributed by atoms with van der Waals surface area (Å²) in [6, 6.07) is 10.3. The first-order valence-corrected chi connectivity index (χ1v) is 9.91. The van der Waals surface area contributed by atoms with Crippen molar-refractivity contribution in [3.63, 3.8) is 0 Å². The fourth-order valence-electron chi connectivity index (χ4n) is 3.51. The lowest BCUT2D eigenvalue weighted by Gasteiger charge is -2.31. The van der Waals surface area contributed by atoms with Crippen molar-refractivity contribution in [1.82, 2.24) is 24.7 Å². The molecule has 0 unspecified atom stereocenters. The van der Waals surface area contributed by atoms with Crippen LogP contribution in [0.4, 0.5) is 0 Å². The van der Waals surface area contributed by atoms with E-state index in [0.29, 0.717) is 6.61 Å². The van der Waals surface area contributed by atoms with Gasteiger partial charge in [-0.1, -0.05) is 11.3 Å². The van der Waals surface area contributed by atoms with E-state index in [9.17, 15) is 0 Å². The summed E-state index contributed by atoms with van der Waals surface area (Å²) in [6.07, 6.45) is 5.54. The van der Waals surface area contributed by atoms with Crippen molar-refractivity contribution in [1.29, 1.82) is 0 Å². The molecular formula is C20H19N5OS. The van der Waals surface area contributed by atoms with E-state index in [1.807, 2.05) is 22.8 Å². The number of morpholine rings is 1. The second-order valence-electron chi connectivity index (χ2n) is 6.68. The molecule has 1 atom stereocenters. The van der Waals surface area contributed by atoms with Crippen LogP contribution in [0.2, 0.25) is 0 Å². The Morgan fingerprint density at radius 3 is 2.89 bits per heavy atom. The molecule has 1 fully saturated rings. The first-order chi connectivity index (χ1) is 13.4. The predicted molar refractivity (Wildman–Crippen MR) is 105 cm³/mol. The Labute approximate surface area is 161 Å². The molecule has 0 radical (unpaired) electrons. The van der Waals surface area contributed by atoms with Gasteiger partial charge >= 0.3 is 0 Å². The van der Waals surface area contributed by atoms with Gasteiger partial charge in [-0.05, 0) is 46.2 Å². The van der Waals surface area contributed by atoms with E-state index in [2.05, 4.69) is 49.2 Å². The maximum Gasteiger partial charge on any atom is 0.121 e. The van der Waals surface area contributed by atoms with Gasteiger partial charge in [-0.2, -0.15) is 11.3 Å². The zero-order valence-electron chi connectivity index (χ0n) is 14.7. The molecule has 0 bridgehead atoms. The largest absolute Gasteiger partial charge is 0.369 e. The van der Waals surface area contributed by atoms with Gasteiger partial charge in [-0.25, -0.2) is 4.52 Å². The molecular weight excluding hydrogens is 358 g/mol. The Bertz CT molecular complexity index is 1030. The smallest absolute Gasteiger partial charge is 0.121 e. The van der Waals surface area contributed by atoms with Crippen molar-refractivity contribution in [2.24, 2.45) is 0 Å². The van der Waals surface area contributed by atoms with Gasteiger partial charge in [0.25, 0.3) is 0 Å². The van der Waals surface area contributed by atoms with Gasteiger partial charge in [0.1, 0.15) is 11.8 Å². The zero-order chi connectivity index (χ0) is 18.1. The lowest BCUT2D eigenvalue weighted by Crippen LogP contribution is -2.37. The predicted octanol–water partition coefficient (Wildman–Crippen LogP) is 3.43. The minimum Gasteiger partial charge on any atom is -0.369 e. The van der Waals surface area contributed by atoms with Gasteiger partial charge in [0.15, 0.2) is 0 Å². The van der Waals surface area contributed by atoms with Crippen molar-refractivity contribution in [3.8, 4) is 11.1 Å². The van der Waals surface area contributed by atoms with E-state index in [0.717, 1.165) is 42.0 Å². The molecule has 4 aromatic heterocycles. The molecule has 0 saturated carbocycles. The fourth-order valence-corrected chi connectivity index (χ4v) is 4.17. The van der Waals surface area contributed by atoms with Crippen molar-refractivity contribution in [2.75, 3.05) is 19.7 Å². The number of hydrogen-bond acceptors (Lipinski definition) is 6. The standard InChI is InChI=1S/C20H19N5OS/c1-2-18-20(19-13-24(8-9-26-19)11-15-5-10-27-14-15)22-23-25(18)12-17(1)16-3-6-21-7-4-16/h1-7,10,12,14,19H,8-9,11,13H2/t19-/m0/s1. The second kappa shape index (κ2) is 7.19. The van der Waals surface area contributed by atoms with Crippen molar-refractivity contribution in [2.45, 2.75) is 12.6 Å². The van der Waals surface area contributed by atoms with Crippen molar-refractivity contribution in [3.05, 3.63) is 70.9 Å². The molecule has 7 heteroatoms. The molecule has 0 aliphatic carbocycles. The maximum absolute atomic E-state index is 6.03. The van der Waals surface area contributed by atoms with Crippen LogP contribution in [0.3, 0.4) is 0 Å². The molecule has 136 valence electrons.